The van der Waals surface area contributed by atoms with Crippen LogP contribution >= 0.6 is 11.3 Å². The van der Waals surface area contributed by atoms with E-state index >= 15 is 0 Å². The third-order valence-corrected chi connectivity index (χ3v) is 6.52. The number of thiazole rings is 1. The topological polar surface area (TPSA) is 59.5 Å². The zero-order valence-electron chi connectivity index (χ0n) is 17.8. The van der Waals surface area contributed by atoms with E-state index in [4.69, 9.17) is 4.74 Å². The Labute approximate surface area is 186 Å². The largest absolute Gasteiger partial charge is 0.494 e. The standard InChI is InChI=1S/C25H26N2O3S/c1-3-30-21-10-8-20(9-11-21)24-26-22(16-31-24)25(29)27-14-12-19(13-15-27)23(28)18-6-4-17(2)5-7-18/h4-11,16,19H,3,12-15H2,1-2H3. The fraction of sp³-hybridized carbons (Fsp3) is 0.320. The van der Waals surface area contributed by atoms with Gasteiger partial charge in [-0.1, -0.05) is 29.8 Å². The second-order valence-electron chi connectivity index (χ2n) is 7.79. The molecule has 0 unspecified atom stereocenters. The van der Waals surface area contributed by atoms with E-state index in [9.17, 15) is 9.59 Å². The molecule has 1 aromatic heterocycles. The molecule has 4 rings (SSSR count). The van der Waals surface area contributed by atoms with Gasteiger partial charge in [-0.3, -0.25) is 9.59 Å². The molecule has 160 valence electrons. The molecule has 1 aliphatic rings. The number of piperidine rings is 1. The van der Waals surface area contributed by atoms with Gasteiger partial charge in [-0.15, -0.1) is 11.3 Å². The quantitative estimate of drug-likeness (QED) is 0.497. The van der Waals surface area contributed by atoms with Crippen molar-refractivity contribution in [3.05, 3.63) is 70.7 Å². The van der Waals surface area contributed by atoms with Crippen LogP contribution in [0.3, 0.4) is 0 Å². The minimum Gasteiger partial charge on any atom is -0.494 e. The molecule has 6 heteroatoms. The maximum Gasteiger partial charge on any atom is 0.273 e. The summed E-state index contributed by atoms with van der Waals surface area (Å²) in [5.74, 6) is 0.914. The molecule has 0 N–H and O–H groups in total. The zero-order chi connectivity index (χ0) is 21.8. The summed E-state index contributed by atoms with van der Waals surface area (Å²) in [6.07, 6.45) is 1.38. The van der Waals surface area contributed by atoms with Crippen molar-refractivity contribution in [2.45, 2.75) is 26.7 Å². The molecule has 2 aromatic carbocycles. The van der Waals surface area contributed by atoms with E-state index in [1.165, 1.54) is 11.3 Å². The Kier molecular flexibility index (Phi) is 6.47. The van der Waals surface area contributed by atoms with Crippen molar-refractivity contribution in [2.75, 3.05) is 19.7 Å². The highest BCUT2D eigenvalue weighted by atomic mass is 32.1. The fourth-order valence-corrected chi connectivity index (χ4v) is 4.63. The van der Waals surface area contributed by atoms with Crippen LogP contribution in [0.25, 0.3) is 10.6 Å². The van der Waals surface area contributed by atoms with Crippen molar-refractivity contribution in [1.82, 2.24) is 9.88 Å². The van der Waals surface area contributed by atoms with E-state index < -0.39 is 0 Å². The van der Waals surface area contributed by atoms with Crippen LogP contribution in [0.5, 0.6) is 5.75 Å². The van der Waals surface area contributed by atoms with E-state index in [-0.39, 0.29) is 17.6 Å². The summed E-state index contributed by atoms with van der Waals surface area (Å²) in [5.41, 5.74) is 3.34. The summed E-state index contributed by atoms with van der Waals surface area (Å²) in [6, 6.07) is 15.5. The lowest BCUT2D eigenvalue weighted by molar-refractivity contribution is 0.0646. The molecule has 0 aliphatic carbocycles. The van der Waals surface area contributed by atoms with Crippen LogP contribution < -0.4 is 4.74 Å². The molecule has 2 heterocycles. The van der Waals surface area contributed by atoms with Crippen LogP contribution in [-0.4, -0.2) is 41.3 Å². The lowest BCUT2D eigenvalue weighted by Crippen LogP contribution is -2.40. The molecular formula is C25H26N2O3S. The first-order valence-electron chi connectivity index (χ1n) is 10.6. The molecule has 1 fully saturated rings. The summed E-state index contributed by atoms with van der Waals surface area (Å²) in [5, 5.41) is 2.63. The molecule has 0 spiro atoms. The van der Waals surface area contributed by atoms with Crippen molar-refractivity contribution >= 4 is 23.0 Å². The Hall–Kier alpha value is -2.99. The highest BCUT2D eigenvalue weighted by molar-refractivity contribution is 7.13. The number of aromatic nitrogens is 1. The van der Waals surface area contributed by atoms with Gasteiger partial charge in [0.2, 0.25) is 0 Å². The van der Waals surface area contributed by atoms with E-state index in [0.29, 0.717) is 38.2 Å². The Morgan fingerprint density at radius 2 is 1.74 bits per heavy atom. The van der Waals surface area contributed by atoms with Crippen molar-refractivity contribution < 1.29 is 14.3 Å². The number of Topliss-reactive ketones (excluding diaryl/α,β-unsaturated/α-hetero) is 1. The van der Waals surface area contributed by atoms with E-state index in [1.807, 2.05) is 72.7 Å². The number of hydrogen-bond donors (Lipinski definition) is 0. The molecular weight excluding hydrogens is 408 g/mol. The average molecular weight is 435 g/mol. The van der Waals surface area contributed by atoms with Gasteiger partial charge < -0.3 is 9.64 Å². The predicted molar refractivity (Wildman–Crippen MR) is 123 cm³/mol. The molecule has 3 aromatic rings. The number of amides is 1. The summed E-state index contributed by atoms with van der Waals surface area (Å²) in [6.45, 7) is 5.75. The lowest BCUT2D eigenvalue weighted by atomic mass is 9.88. The minimum absolute atomic E-state index is 0.0263. The van der Waals surface area contributed by atoms with Gasteiger partial charge in [-0.25, -0.2) is 4.98 Å². The molecule has 1 aliphatic heterocycles. The Morgan fingerprint density at radius 1 is 1.06 bits per heavy atom. The van der Waals surface area contributed by atoms with Crippen molar-refractivity contribution in [3.63, 3.8) is 0 Å². The number of ether oxygens (including phenoxy) is 1. The number of hydrogen-bond acceptors (Lipinski definition) is 5. The Balaban J connectivity index is 1.36. The normalized spacial score (nSPS) is 14.5. The number of ketones is 1. The first kappa shape index (κ1) is 21.2. The SMILES string of the molecule is CCOc1ccc(-c2nc(C(=O)N3CCC(C(=O)c4ccc(C)cc4)CC3)cs2)cc1. The third-order valence-electron chi connectivity index (χ3n) is 5.62. The summed E-state index contributed by atoms with van der Waals surface area (Å²) >= 11 is 1.46. The van der Waals surface area contributed by atoms with Crippen molar-refractivity contribution in [2.24, 2.45) is 5.92 Å². The Bertz CT molecular complexity index is 1050. The average Bonchev–Trinajstić information content (AvgIpc) is 3.30. The van der Waals surface area contributed by atoms with Crippen LogP contribution in [0.4, 0.5) is 0 Å². The van der Waals surface area contributed by atoms with Crippen LogP contribution in [0.15, 0.2) is 53.9 Å². The van der Waals surface area contributed by atoms with Gasteiger partial charge >= 0.3 is 0 Å². The van der Waals surface area contributed by atoms with E-state index in [1.54, 1.807) is 0 Å². The van der Waals surface area contributed by atoms with E-state index in [2.05, 4.69) is 4.98 Å². The highest BCUT2D eigenvalue weighted by Crippen LogP contribution is 2.28. The number of benzene rings is 2. The maximum atomic E-state index is 12.9. The van der Waals surface area contributed by atoms with Gasteiger partial charge in [0, 0.05) is 35.5 Å². The van der Waals surface area contributed by atoms with Crippen LogP contribution in [0.2, 0.25) is 0 Å². The smallest absolute Gasteiger partial charge is 0.273 e. The van der Waals surface area contributed by atoms with Crippen molar-refractivity contribution in [3.8, 4) is 16.3 Å². The number of aryl methyl sites for hydroxylation is 1. The number of rotatable bonds is 6. The Morgan fingerprint density at radius 3 is 2.39 bits per heavy atom. The molecule has 1 saturated heterocycles. The first-order chi connectivity index (χ1) is 15.0. The third kappa shape index (κ3) is 4.85. The molecule has 0 bridgehead atoms. The van der Waals surface area contributed by atoms with Gasteiger partial charge in [0.25, 0.3) is 5.91 Å². The molecule has 31 heavy (non-hydrogen) atoms. The van der Waals surface area contributed by atoms with Gasteiger partial charge in [-0.05, 0) is 51.0 Å². The number of likely N-dealkylation sites (tertiary alicyclic amines) is 1. The molecule has 5 nitrogen and oxygen atoms in total. The first-order valence-corrected chi connectivity index (χ1v) is 11.5. The number of nitrogens with zero attached hydrogens (tertiary/aromatic N) is 2. The van der Waals surface area contributed by atoms with E-state index in [0.717, 1.165) is 27.4 Å². The molecule has 0 saturated carbocycles. The molecule has 0 radical (unpaired) electrons. The fourth-order valence-electron chi connectivity index (χ4n) is 3.83. The van der Waals surface area contributed by atoms with Gasteiger partial charge in [-0.2, -0.15) is 0 Å². The second kappa shape index (κ2) is 9.43. The zero-order valence-corrected chi connectivity index (χ0v) is 18.7. The molecule has 0 atom stereocenters. The van der Waals surface area contributed by atoms with Gasteiger partial charge in [0.05, 0.1) is 6.61 Å². The highest BCUT2D eigenvalue weighted by Gasteiger charge is 2.29. The number of carbonyl (C=O) groups is 2. The second-order valence-corrected chi connectivity index (χ2v) is 8.65. The summed E-state index contributed by atoms with van der Waals surface area (Å²) in [7, 11) is 0. The number of carbonyl (C=O) groups excluding carboxylic acids is 2. The van der Waals surface area contributed by atoms with Crippen LogP contribution in [0, 0.1) is 12.8 Å². The lowest BCUT2D eigenvalue weighted by Gasteiger charge is -2.31. The monoisotopic (exact) mass is 434 g/mol. The predicted octanol–water partition coefficient (Wildman–Crippen LogP) is 5.25. The van der Waals surface area contributed by atoms with Gasteiger partial charge in [0.1, 0.15) is 16.5 Å². The maximum absolute atomic E-state index is 12.9. The summed E-state index contributed by atoms with van der Waals surface area (Å²) < 4.78 is 5.48. The van der Waals surface area contributed by atoms with Crippen LogP contribution in [-0.2, 0) is 0 Å². The van der Waals surface area contributed by atoms with Crippen molar-refractivity contribution in [1.29, 1.82) is 0 Å². The molecule has 1 amide bonds. The minimum atomic E-state index is -0.0605. The van der Waals surface area contributed by atoms with Crippen LogP contribution in [0.1, 0.15) is 46.2 Å². The summed E-state index contributed by atoms with van der Waals surface area (Å²) in [4.78, 5) is 32.1. The van der Waals surface area contributed by atoms with Gasteiger partial charge in [0.15, 0.2) is 5.78 Å².